The molecule has 0 bridgehead atoms. The summed E-state index contributed by atoms with van der Waals surface area (Å²) in [6.07, 6.45) is 2.02. The molecule has 8 nitrogen and oxygen atoms in total. The summed E-state index contributed by atoms with van der Waals surface area (Å²) < 4.78 is 10.9. The van der Waals surface area contributed by atoms with Gasteiger partial charge in [-0.05, 0) is 32.1 Å². The number of aromatic nitrogens is 3. The quantitative estimate of drug-likeness (QED) is 0.530. The zero-order chi connectivity index (χ0) is 15.3. The zero-order valence-electron chi connectivity index (χ0n) is 12.8. The Bertz CT molecular complexity index is 462. The highest BCUT2D eigenvalue weighted by Gasteiger charge is 2.27. The van der Waals surface area contributed by atoms with Crippen molar-refractivity contribution in [2.75, 3.05) is 30.5 Å². The summed E-state index contributed by atoms with van der Waals surface area (Å²) in [4.78, 5) is 12.5. The summed E-state index contributed by atoms with van der Waals surface area (Å²) in [6.45, 7) is 8.42. The van der Waals surface area contributed by atoms with Gasteiger partial charge in [-0.25, -0.2) is 5.84 Å². The lowest BCUT2D eigenvalue weighted by Gasteiger charge is -2.33. The molecule has 0 unspecified atom stereocenters. The van der Waals surface area contributed by atoms with E-state index in [1.807, 2.05) is 13.8 Å². The second-order valence-electron chi connectivity index (χ2n) is 5.85. The van der Waals surface area contributed by atoms with Crippen LogP contribution < -0.4 is 21.3 Å². The van der Waals surface area contributed by atoms with Crippen LogP contribution in [-0.4, -0.2) is 40.8 Å². The number of nitrogens with two attached hydrogens (primary N) is 1. The van der Waals surface area contributed by atoms with Gasteiger partial charge in [0.15, 0.2) is 0 Å². The Kier molecular flexibility index (Phi) is 5.13. The van der Waals surface area contributed by atoms with Gasteiger partial charge in [0.25, 0.3) is 0 Å². The second-order valence-corrected chi connectivity index (χ2v) is 5.85. The number of ether oxygens (including phenoxy) is 2. The molecule has 0 saturated carbocycles. The first-order chi connectivity index (χ1) is 10.0. The number of anilines is 2. The molecule has 1 aliphatic rings. The van der Waals surface area contributed by atoms with E-state index < -0.39 is 0 Å². The van der Waals surface area contributed by atoms with Gasteiger partial charge in [-0.15, -0.1) is 0 Å². The van der Waals surface area contributed by atoms with Crippen LogP contribution in [0.25, 0.3) is 0 Å². The number of nitrogens with zero attached hydrogens (tertiary/aromatic N) is 3. The van der Waals surface area contributed by atoms with Crippen LogP contribution in [0.2, 0.25) is 0 Å². The van der Waals surface area contributed by atoms with Crippen LogP contribution in [-0.2, 0) is 4.74 Å². The van der Waals surface area contributed by atoms with Crippen LogP contribution >= 0.6 is 0 Å². The van der Waals surface area contributed by atoms with Crippen molar-refractivity contribution in [3.05, 3.63) is 0 Å². The van der Waals surface area contributed by atoms with Crippen molar-refractivity contribution in [3.8, 4) is 6.01 Å². The third kappa shape index (κ3) is 4.68. The highest BCUT2D eigenvalue weighted by atomic mass is 16.5. The van der Waals surface area contributed by atoms with E-state index in [-0.39, 0.29) is 23.5 Å². The van der Waals surface area contributed by atoms with E-state index in [1.165, 1.54) is 0 Å². The van der Waals surface area contributed by atoms with Crippen LogP contribution in [0.1, 0.15) is 33.6 Å². The molecule has 2 rings (SSSR count). The number of rotatable bonds is 6. The third-order valence-corrected chi connectivity index (χ3v) is 3.46. The molecular weight excluding hydrogens is 272 g/mol. The van der Waals surface area contributed by atoms with Crippen LogP contribution in [0.4, 0.5) is 11.9 Å². The largest absolute Gasteiger partial charge is 0.461 e. The maximum Gasteiger partial charge on any atom is 0.323 e. The van der Waals surface area contributed by atoms with Gasteiger partial charge >= 0.3 is 6.01 Å². The predicted molar refractivity (Wildman–Crippen MR) is 80.1 cm³/mol. The van der Waals surface area contributed by atoms with Gasteiger partial charge in [-0.3, -0.25) is 5.43 Å². The predicted octanol–water partition coefficient (Wildman–Crippen LogP) is 1.17. The molecule has 0 radical (unpaired) electrons. The Morgan fingerprint density at radius 2 is 1.90 bits per heavy atom. The van der Waals surface area contributed by atoms with Crippen molar-refractivity contribution < 1.29 is 9.47 Å². The van der Waals surface area contributed by atoms with Gasteiger partial charge in [0.1, 0.15) is 0 Å². The van der Waals surface area contributed by atoms with Crippen molar-refractivity contribution in [1.82, 2.24) is 15.0 Å². The van der Waals surface area contributed by atoms with Crippen molar-refractivity contribution in [2.45, 2.75) is 39.7 Å². The summed E-state index contributed by atoms with van der Waals surface area (Å²) in [7, 11) is 0. The van der Waals surface area contributed by atoms with E-state index in [1.54, 1.807) is 0 Å². The fourth-order valence-electron chi connectivity index (χ4n) is 2.10. The molecule has 1 aromatic heterocycles. The van der Waals surface area contributed by atoms with Crippen LogP contribution in [0.15, 0.2) is 0 Å². The third-order valence-electron chi connectivity index (χ3n) is 3.46. The average Bonchev–Trinajstić information content (AvgIpc) is 2.45. The Balaban J connectivity index is 2.04. The molecule has 4 N–H and O–H groups in total. The highest BCUT2D eigenvalue weighted by Crippen LogP contribution is 2.29. The summed E-state index contributed by atoms with van der Waals surface area (Å²) in [5.41, 5.74) is 2.61. The molecule has 1 fully saturated rings. The monoisotopic (exact) mass is 296 g/mol. The summed E-state index contributed by atoms with van der Waals surface area (Å²) in [5, 5.41) is 3.25. The van der Waals surface area contributed by atoms with Gasteiger partial charge in [-0.1, -0.05) is 6.92 Å². The van der Waals surface area contributed by atoms with Crippen LogP contribution in [0.3, 0.4) is 0 Å². The van der Waals surface area contributed by atoms with Gasteiger partial charge in [-0.2, -0.15) is 15.0 Å². The molecule has 21 heavy (non-hydrogen) atoms. The minimum atomic E-state index is -0.0149. The first-order valence-corrected chi connectivity index (χ1v) is 7.22. The number of hydrogen-bond acceptors (Lipinski definition) is 8. The lowest BCUT2D eigenvalue weighted by atomic mass is 9.82. The minimum absolute atomic E-state index is 0.0149. The van der Waals surface area contributed by atoms with E-state index in [9.17, 15) is 0 Å². The summed E-state index contributed by atoms with van der Waals surface area (Å²) in [6, 6.07) is 0.257. The van der Waals surface area contributed by atoms with Crippen molar-refractivity contribution in [3.63, 3.8) is 0 Å². The molecule has 0 amide bonds. The normalized spacial score (nSPS) is 17.6. The number of hydrogen-bond donors (Lipinski definition) is 3. The van der Waals surface area contributed by atoms with E-state index in [2.05, 4.69) is 32.6 Å². The fraction of sp³-hybridized carbons (Fsp3) is 0.769. The Labute approximate surface area is 124 Å². The van der Waals surface area contributed by atoms with Gasteiger partial charge < -0.3 is 14.8 Å². The van der Waals surface area contributed by atoms with Gasteiger partial charge in [0.05, 0.1) is 6.10 Å². The zero-order valence-corrected chi connectivity index (χ0v) is 12.8. The van der Waals surface area contributed by atoms with Crippen molar-refractivity contribution >= 4 is 11.9 Å². The maximum absolute atomic E-state index is 5.50. The van der Waals surface area contributed by atoms with E-state index in [0.717, 1.165) is 32.6 Å². The molecule has 1 saturated heterocycles. The van der Waals surface area contributed by atoms with Gasteiger partial charge in [0, 0.05) is 19.8 Å². The van der Waals surface area contributed by atoms with E-state index in [4.69, 9.17) is 15.3 Å². The summed E-state index contributed by atoms with van der Waals surface area (Å²) >= 11 is 0. The molecule has 118 valence electrons. The lowest BCUT2D eigenvalue weighted by molar-refractivity contribution is 0.0299. The minimum Gasteiger partial charge on any atom is -0.461 e. The standard InChI is InChI=1S/C13H24N6O2/c1-9(2)21-12-17-10(16-11(18-12)19-14)15-8-13(3)4-6-20-7-5-13/h9H,4-8,14H2,1-3H3,(H2,15,16,17,18,19). The smallest absolute Gasteiger partial charge is 0.323 e. The molecule has 0 aromatic carbocycles. The molecule has 2 heterocycles. The first kappa shape index (κ1) is 15.7. The Morgan fingerprint density at radius 1 is 1.24 bits per heavy atom. The molecule has 1 aromatic rings. The molecule has 0 spiro atoms. The van der Waals surface area contributed by atoms with Crippen molar-refractivity contribution in [2.24, 2.45) is 11.3 Å². The van der Waals surface area contributed by atoms with E-state index in [0.29, 0.717) is 5.95 Å². The Hall–Kier alpha value is -1.67. The first-order valence-electron chi connectivity index (χ1n) is 7.22. The molecule has 8 heteroatoms. The molecule has 1 aliphatic heterocycles. The van der Waals surface area contributed by atoms with E-state index >= 15 is 0 Å². The van der Waals surface area contributed by atoms with Crippen molar-refractivity contribution in [1.29, 1.82) is 0 Å². The van der Waals surface area contributed by atoms with Crippen LogP contribution in [0.5, 0.6) is 6.01 Å². The SMILES string of the molecule is CC(C)Oc1nc(NN)nc(NCC2(C)CCOCC2)n1. The van der Waals surface area contributed by atoms with Crippen LogP contribution in [0, 0.1) is 5.41 Å². The molecular formula is C13H24N6O2. The number of nitrogens with one attached hydrogen (secondary N) is 2. The highest BCUT2D eigenvalue weighted by molar-refractivity contribution is 5.35. The maximum atomic E-state index is 5.50. The molecule has 0 aliphatic carbocycles. The topological polar surface area (TPSA) is 107 Å². The second kappa shape index (κ2) is 6.86. The Morgan fingerprint density at radius 3 is 2.52 bits per heavy atom. The van der Waals surface area contributed by atoms with Gasteiger partial charge in [0.2, 0.25) is 11.9 Å². The lowest BCUT2D eigenvalue weighted by Crippen LogP contribution is -2.33. The average molecular weight is 296 g/mol. The fourth-order valence-corrected chi connectivity index (χ4v) is 2.10. The summed E-state index contributed by atoms with van der Waals surface area (Å²) in [5.74, 6) is 6.12. The number of nitrogen functional groups attached to an aromatic ring is 1. The molecule has 0 atom stereocenters. The number of hydrazine groups is 1.